The highest BCUT2D eigenvalue weighted by Crippen LogP contribution is 2.74. The first-order valence-electron chi connectivity index (χ1n) is 10.4. The van der Waals surface area contributed by atoms with E-state index in [1.54, 1.807) is 0 Å². The number of ether oxygens (including phenoxy) is 3. The third-order valence-corrected chi connectivity index (χ3v) is 9.54. The van der Waals surface area contributed by atoms with Crippen molar-refractivity contribution in [3.8, 4) is 0 Å². The topological polar surface area (TPSA) is 51.4 Å². The molecule has 4 heteroatoms. The number of rotatable bonds is 1. The van der Waals surface area contributed by atoms with E-state index in [0.29, 0.717) is 23.5 Å². The van der Waals surface area contributed by atoms with E-state index in [9.17, 15) is 4.79 Å². The summed E-state index contributed by atoms with van der Waals surface area (Å²) < 4.78 is 17.7. The summed E-state index contributed by atoms with van der Waals surface area (Å²) >= 11 is 0. The van der Waals surface area contributed by atoms with Crippen LogP contribution in [0.5, 0.6) is 0 Å². The molecule has 25 heavy (non-hydrogen) atoms. The molecule has 0 aromatic rings. The van der Waals surface area contributed by atoms with Gasteiger partial charge in [-0.3, -0.25) is 4.79 Å². The Kier molecular flexibility index (Phi) is 2.74. The molecule has 2 saturated heterocycles. The first-order chi connectivity index (χ1) is 11.9. The van der Waals surface area contributed by atoms with Gasteiger partial charge in [-0.05, 0) is 74.0 Å². The normalized spacial score (nSPS) is 63.4. The predicted molar refractivity (Wildman–Crippen MR) is 90.5 cm³/mol. The second-order valence-corrected chi connectivity index (χ2v) is 10.4. The van der Waals surface area contributed by atoms with Gasteiger partial charge in [0.15, 0.2) is 0 Å². The summed E-state index contributed by atoms with van der Waals surface area (Å²) in [5.74, 6) is 2.33. The summed E-state index contributed by atoms with van der Waals surface area (Å²) in [4.78, 5) is 11.7. The van der Waals surface area contributed by atoms with Crippen molar-refractivity contribution in [2.75, 3.05) is 0 Å². The minimum absolute atomic E-state index is 0.0149. The SMILES string of the molecule is CC(=O)OC12O[C@@H]1CC1C3CCC4C[C@@H]5O[C@@H]5CC4(C)C3CCC12C. The van der Waals surface area contributed by atoms with Gasteiger partial charge in [0.2, 0.25) is 5.79 Å². The molecule has 6 aliphatic rings. The largest absolute Gasteiger partial charge is 0.430 e. The summed E-state index contributed by atoms with van der Waals surface area (Å²) in [5.41, 5.74) is 0.477. The van der Waals surface area contributed by atoms with Crippen molar-refractivity contribution in [1.82, 2.24) is 0 Å². The molecule has 6 fully saturated rings. The lowest BCUT2D eigenvalue weighted by molar-refractivity contribution is -0.198. The molecule has 4 aliphatic carbocycles. The van der Waals surface area contributed by atoms with Gasteiger partial charge in [0, 0.05) is 12.3 Å². The van der Waals surface area contributed by atoms with Crippen molar-refractivity contribution in [3.63, 3.8) is 0 Å². The molecule has 7 unspecified atom stereocenters. The fourth-order valence-electron chi connectivity index (χ4n) is 8.24. The monoisotopic (exact) mass is 346 g/mol. The lowest BCUT2D eigenvalue weighted by Gasteiger charge is -2.60. The van der Waals surface area contributed by atoms with Gasteiger partial charge in [-0.15, -0.1) is 0 Å². The molecule has 138 valence electrons. The van der Waals surface area contributed by atoms with Crippen LogP contribution in [0, 0.1) is 34.5 Å². The minimum Gasteiger partial charge on any atom is -0.430 e. The zero-order chi connectivity index (χ0) is 17.2. The van der Waals surface area contributed by atoms with E-state index >= 15 is 0 Å². The second-order valence-electron chi connectivity index (χ2n) is 10.4. The first kappa shape index (κ1) is 15.4. The Balaban J connectivity index is 1.32. The molecule has 4 nitrogen and oxygen atoms in total. The Morgan fingerprint density at radius 1 is 1.08 bits per heavy atom. The average molecular weight is 346 g/mol. The molecule has 0 spiro atoms. The van der Waals surface area contributed by atoms with Crippen molar-refractivity contribution >= 4 is 5.97 Å². The molecular weight excluding hydrogens is 316 g/mol. The number of hydrogen-bond acceptors (Lipinski definition) is 4. The summed E-state index contributed by atoms with van der Waals surface area (Å²) in [6.07, 6.45) is 10.1. The van der Waals surface area contributed by atoms with E-state index in [4.69, 9.17) is 14.2 Å². The van der Waals surface area contributed by atoms with Crippen LogP contribution in [-0.2, 0) is 19.0 Å². The molecule has 0 aromatic heterocycles. The Morgan fingerprint density at radius 3 is 2.72 bits per heavy atom. The summed E-state index contributed by atoms with van der Waals surface area (Å²) in [7, 11) is 0. The van der Waals surface area contributed by atoms with E-state index in [-0.39, 0.29) is 17.5 Å². The highest BCUT2D eigenvalue weighted by Gasteiger charge is 2.80. The lowest BCUT2D eigenvalue weighted by atomic mass is 9.45. The van der Waals surface area contributed by atoms with E-state index in [2.05, 4.69) is 13.8 Å². The van der Waals surface area contributed by atoms with Gasteiger partial charge in [0.1, 0.15) is 6.10 Å². The molecule has 0 amide bonds. The van der Waals surface area contributed by atoms with Gasteiger partial charge >= 0.3 is 5.97 Å². The minimum atomic E-state index is -0.594. The van der Waals surface area contributed by atoms with E-state index in [1.807, 2.05) is 0 Å². The highest BCUT2D eigenvalue weighted by molar-refractivity contribution is 5.67. The fraction of sp³-hybridized carbons (Fsp3) is 0.952. The molecule has 2 aliphatic heterocycles. The van der Waals surface area contributed by atoms with Crippen LogP contribution in [0.15, 0.2) is 0 Å². The van der Waals surface area contributed by atoms with Gasteiger partial charge in [0.05, 0.1) is 12.2 Å². The van der Waals surface area contributed by atoms with Crippen molar-refractivity contribution in [2.24, 2.45) is 34.5 Å². The van der Waals surface area contributed by atoms with Crippen LogP contribution in [0.25, 0.3) is 0 Å². The number of carbonyl (C=O) groups is 1. The number of epoxide rings is 2. The number of fused-ring (bicyclic) bond motifs is 8. The molecule has 0 N–H and O–H groups in total. The molecular formula is C21H30O4. The van der Waals surface area contributed by atoms with Gasteiger partial charge < -0.3 is 14.2 Å². The maximum Gasteiger partial charge on any atom is 0.305 e. The average Bonchev–Trinajstić information content (AvgIpc) is 3.42. The predicted octanol–water partition coefficient (Wildman–Crippen LogP) is 3.67. The molecule has 6 rings (SSSR count). The lowest BCUT2D eigenvalue weighted by Crippen LogP contribution is -2.56. The van der Waals surface area contributed by atoms with Gasteiger partial charge in [-0.1, -0.05) is 13.8 Å². The van der Waals surface area contributed by atoms with Crippen LogP contribution in [-0.4, -0.2) is 30.1 Å². The smallest absolute Gasteiger partial charge is 0.305 e. The number of esters is 1. The molecule has 10 atom stereocenters. The number of hydrogen-bond donors (Lipinski definition) is 0. The number of carbonyl (C=O) groups excluding carboxylic acids is 1. The van der Waals surface area contributed by atoms with Crippen LogP contribution in [0.2, 0.25) is 0 Å². The van der Waals surface area contributed by atoms with Crippen molar-refractivity contribution in [3.05, 3.63) is 0 Å². The standard InChI is InChI=1S/C21H30O4/c1-11(22)24-21-18(25-21)9-15-13-5-4-12-8-16-17(23-16)10-19(12,2)14(13)6-7-20(15,21)3/h12-18H,4-10H2,1-3H3/t12?,13?,14?,15?,16-,17+,18+,19?,20?,21?/m0/s1. The highest BCUT2D eigenvalue weighted by atomic mass is 16.8. The molecule has 2 heterocycles. The van der Waals surface area contributed by atoms with Crippen LogP contribution in [0.3, 0.4) is 0 Å². The van der Waals surface area contributed by atoms with E-state index in [0.717, 1.165) is 30.6 Å². The fourth-order valence-corrected chi connectivity index (χ4v) is 8.24. The molecule has 0 radical (unpaired) electrons. The molecule has 0 aromatic carbocycles. The first-order valence-corrected chi connectivity index (χ1v) is 10.4. The Morgan fingerprint density at radius 2 is 1.92 bits per heavy atom. The Labute approximate surface area is 150 Å². The quantitative estimate of drug-likeness (QED) is 0.537. The Bertz CT molecular complexity index is 648. The zero-order valence-corrected chi connectivity index (χ0v) is 15.6. The molecule has 0 bridgehead atoms. The van der Waals surface area contributed by atoms with Crippen molar-refractivity contribution in [2.45, 2.75) is 89.8 Å². The van der Waals surface area contributed by atoms with Gasteiger partial charge in [0.25, 0.3) is 0 Å². The maximum absolute atomic E-state index is 11.7. The third kappa shape index (κ3) is 1.74. The maximum atomic E-state index is 11.7. The summed E-state index contributed by atoms with van der Waals surface area (Å²) in [6, 6.07) is 0. The van der Waals surface area contributed by atoms with E-state index in [1.165, 1.54) is 39.0 Å². The van der Waals surface area contributed by atoms with Crippen LogP contribution in [0.1, 0.15) is 65.7 Å². The third-order valence-electron chi connectivity index (χ3n) is 9.54. The van der Waals surface area contributed by atoms with Crippen LogP contribution >= 0.6 is 0 Å². The van der Waals surface area contributed by atoms with Crippen LogP contribution < -0.4 is 0 Å². The molecule has 4 saturated carbocycles. The van der Waals surface area contributed by atoms with Gasteiger partial charge in [-0.25, -0.2) is 0 Å². The van der Waals surface area contributed by atoms with Crippen molar-refractivity contribution in [1.29, 1.82) is 0 Å². The zero-order valence-electron chi connectivity index (χ0n) is 15.6. The summed E-state index contributed by atoms with van der Waals surface area (Å²) in [6.45, 7) is 6.44. The second kappa shape index (κ2) is 4.44. The van der Waals surface area contributed by atoms with E-state index < -0.39 is 5.79 Å². The van der Waals surface area contributed by atoms with Crippen LogP contribution in [0.4, 0.5) is 0 Å². The Hall–Kier alpha value is -0.610. The van der Waals surface area contributed by atoms with Crippen molar-refractivity contribution < 1.29 is 19.0 Å². The summed E-state index contributed by atoms with van der Waals surface area (Å²) in [5, 5.41) is 0. The van der Waals surface area contributed by atoms with Gasteiger partial charge in [-0.2, -0.15) is 0 Å².